The Bertz CT molecular complexity index is 512. The van der Waals surface area contributed by atoms with Crippen molar-refractivity contribution < 1.29 is 5.11 Å². The number of benzene rings is 1. The van der Waals surface area contributed by atoms with Gasteiger partial charge in [-0.3, -0.25) is 4.98 Å². The van der Waals surface area contributed by atoms with Crippen LogP contribution in [0.4, 0.5) is 0 Å². The number of nitrogens with zero attached hydrogens (tertiary/aromatic N) is 1. The zero-order valence-corrected chi connectivity index (χ0v) is 9.70. The lowest BCUT2D eigenvalue weighted by molar-refractivity contribution is 0.158. The highest BCUT2D eigenvalue weighted by molar-refractivity contribution is 5.85. The van der Waals surface area contributed by atoms with Gasteiger partial charge >= 0.3 is 0 Å². The third-order valence-corrected chi connectivity index (χ3v) is 3.06. The van der Waals surface area contributed by atoms with E-state index in [-0.39, 0.29) is 18.5 Å². The quantitative estimate of drug-likeness (QED) is 0.761. The maximum atomic E-state index is 9.60. The monoisotopic (exact) mass is 235 g/mol. The number of aliphatic hydroxyl groups is 1. The molecule has 1 aromatic heterocycles. The van der Waals surface area contributed by atoms with Crippen LogP contribution in [-0.2, 0) is 12.8 Å². The van der Waals surface area contributed by atoms with Crippen LogP contribution in [0.5, 0.6) is 0 Å². The topological polar surface area (TPSA) is 33.1 Å². The standard InChI is InChI=1S/C13H13NO.ClH/c15-11-5-6-13-10(8-11)7-9-3-1-2-4-12(9)14-13;/h1-4,7,11,15H,5-6,8H2;1H. The first-order valence-corrected chi connectivity index (χ1v) is 5.38. The summed E-state index contributed by atoms with van der Waals surface area (Å²) in [7, 11) is 0. The molecule has 2 nitrogen and oxygen atoms in total. The molecule has 0 saturated heterocycles. The Hall–Kier alpha value is -1.12. The maximum absolute atomic E-state index is 9.60. The van der Waals surface area contributed by atoms with E-state index < -0.39 is 0 Å². The van der Waals surface area contributed by atoms with Crippen LogP contribution in [0.3, 0.4) is 0 Å². The van der Waals surface area contributed by atoms with E-state index in [1.54, 1.807) is 0 Å². The van der Waals surface area contributed by atoms with Gasteiger partial charge in [0, 0.05) is 17.5 Å². The Morgan fingerprint density at radius 3 is 2.94 bits per heavy atom. The molecule has 1 heterocycles. The van der Waals surface area contributed by atoms with Gasteiger partial charge in [0.1, 0.15) is 0 Å². The lowest BCUT2D eigenvalue weighted by atomic mass is 9.93. The number of hydrogen-bond donors (Lipinski definition) is 1. The molecule has 1 unspecified atom stereocenters. The van der Waals surface area contributed by atoms with Gasteiger partial charge in [-0.05, 0) is 30.5 Å². The van der Waals surface area contributed by atoms with Crippen molar-refractivity contribution in [1.82, 2.24) is 4.98 Å². The first-order valence-electron chi connectivity index (χ1n) is 5.38. The van der Waals surface area contributed by atoms with Crippen LogP contribution in [0.1, 0.15) is 17.7 Å². The minimum Gasteiger partial charge on any atom is -0.393 e. The summed E-state index contributed by atoms with van der Waals surface area (Å²) in [5.74, 6) is 0. The van der Waals surface area contributed by atoms with Crippen molar-refractivity contribution in [3.05, 3.63) is 41.6 Å². The van der Waals surface area contributed by atoms with Gasteiger partial charge in [-0.25, -0.2) is 0 Å². The van der Waals surface area contributed by atoms with Gasteiger partial charge in [0.15, 0.2) is 0 Å². The zero-order valence-electron chi connectivity index (χ0n) is 8.89. The molecule has 0 spiro atoms. The molecule has 1 atom stereocenters. The number of aryl methyl sites for hydroxylation is 1. The van der Waals surface area contributed by atoms with Crippen LogP contribution in [0, 0.1) is 0 Å². The number of aromatic nitrogens is 1. The molecule has 1 aliphatic rings. The van der Waals surface area contributed by atoms with Crippen LogP contribution in [-0.4, -0.2) is 16.2 Å². The Morgan fingerprint density at radius 1 is 1.25 bits per heavy atom. The van der Waals surface area contributed by atoms with E-state index in [1.807, 2.05) is 18.2 Å². The molecule has 1 aromatic carbocycles. The fourth-order valence-electron chi connectivity index (χ4n) is 2.25. The van der Waals surface area contributed by atoms with Crippen molar-refractivity contribution in [2.75, 3.05) is 0 Å². The molecule has 1 N–H and O–H groups in total. The SMILES string of the molecule is Cl.OC1CCc2nc3ccccc3cc2C1. The minimum absolute atomic E-state index is 0. The van der Waals surface area contributed by atoms with E-state index in [0.29, 0.717) is 0 Å². The molecule has 0 amide bonds. The van der Waals surface area contributed by atoms with E-state index in [1.165, 1.54) is 16.6 Å². The zero-order chi connectivity index (χ0) is 10.3. The highest BCUT2D eigenvalue weighted by Gasteiger charge is 2.17. The number of pyridine rings is 1. The second-order valence-electron chi connectivity index (χ2n) is 4.18. The summed E-state index contributed by atoms with van der Waals surface area (Å²) in [6.07, 6.45) is 2.33. The highest BCUT2D eigenvalue weighted by Crippen LogP contribution is 2.23. The van der Waals surface area contributed by atoms with E-state index in [4.69, 9.17) is 0 Å². The summed E-state index contributed by atoms with van der Waals surface area (Å²) < 4.78 is 0. The molecule has 2 aromatic rings. The Kier molecular flexibility index (Phi) is 3.13. The van der Waals surface area contributed by atoms with Gasteiger partial charge in [0.25, 0.3) is 0 Å². The van der Waals surface area contributed by atoms with Gasteiger partial charge in [-0.15, -0.1) is 12.4 Å². The van der Waals surface area contributed by atoms with E-state index >= 15 is 0 Å². The molecule has 0 bridgehead atoms. The normalized spacial score (nSPS) is 18.9. The lowest BCUT2D eigenvalue weighted by Crippen LogP contribution is -2.19. The van der Waals surface area contributed by atoms with Crippen molar-refractivity contribution in [3.63, 3.8) is 0 Å². The second kappa shape index (κ2) is 4.40. The number of hydrogen-bond acceptors (Lipinski definition) is 2. The number of halogens is 1. The number of aliphatic hydroxyl groups excluding tert-OH is 1. The third kappa shape index (κ3) is 1.91. The fraction of sp³-hybridized carbons (Fsp3) is 0.308. The average molecular weight is 236 g/mol. The molecule has 3 rings (SSSR count). The molecule has 84 valence electrons. The van der Waals surface area contributed by atoms with E-state index in [9.17, 15) is 5.11 Å². The van der Waals surface area contributed by atoms with Crippen molar-refractivity contribution in [2.45, 2.75) is 25.4 Å². The van der Waals surface area contributed by atoms with Crippen molar-refractivity contribution in [3.8, 4) is 0 Å². The van der Waals surface area contributed by atoms with Crippen LogP contribution in [0.15, 0.2) is 30.3 Å². The summed E-state index contributed by atoms with van der Waals surface area (Å²) in [6.45, 7) is 0. The number of para-hydroxylation sites is 1. The predicted molar refractivity (Wildman–Crippen MR) is 67.0 cm³/mol. The number of fused-ring (bicyclic) bond motifs is 2. The van der Waals surface area contributed by atoms with Gasteiger partial charge < -0.3 is 5.11 Å². The largest absolute Gasteiger partial charge is 0.393 e. The maximum Gasteiger partial charge on any atom is 0.0705 e. The molecule has 0 radical (unpaired) electrons. The van der Waals surface area contributed by atoms with Gasteiger partial charge in [0.05, 0.1) is 11.6 Å². The summed E-state index contributed by atoms with van der Waals surface area (Å²) in [5, 5.41) is 10.8. The predicted octanol–water partition coefficient (Wildman–Crippen LogP) is 2.51. The summed E-state index contributed by atoms with van der Waals surface area (Å²) in [5.41, 5.74) is 3.44. The molecule has 0 aliphatic heterocycles. The highest BCUT2D eigenvalue weighted by atomic mass is 35.5. The molecular weight excluding hydrogens is 222 g/mol. The fourth-order valence-corrected chi connectivity index (χ4v) is 2.25. The van der Waals surface area contributed by atoms with Crippen molar-refractivity contribution in [2.24, 2.45) is 0 Å². The summed E-state index contributed by atoms with van der Waals surface area (Å²) >= 11 is 0. The molecule has 1 aliphatic carbocycles. The minimum atomic E-state index is -0.180. The van der Waals surface area contributed by atoms with E-state index in [0.717, 1.165) is 24.8 Å². The molecule has 16 heavy (non-hydrogen) atoms. The molecule has 3 heteroatoms. The smallest absolute Gasteiger partial charge is 0.0705 e. The molecule has 0 fully saturated rings. The third-order valence-electron chi connectivity index (χ3n) is 3.06. The summed E-state index contributed by atoms with van der Waals surface area (Å²) in [6, 6.07) is 10.3. The average Bonchev–Trinajstić information content (AvgIpc) is 2.26. The van der Waals surface area contributed by atoms with Crippen molar-refractivity contribution >= 4 is 23.3 Å². The van der Waals surface area contributed by atoms with E-state index in [2.05, 4.69) is 17.1 Å². The van der Waals surface area contributed by atoms with Crippen LogP contribution in [0.25, 0.3) is 10.9 Å². The van der Waals surface area contributed by atoms with Crippen LogP contribution in [0.2, 0.25) is 0 Å². The lowest BCUT2D eigenvalue weighted by Gasteiger charge is -2.20. The van der Waals surface area contributed by atoms with Crippen LogP contribution >= 0.6 is 12.4 Å². The van der Waals surface area contributed by atoms with Gasteiger partial charge in [-0.2, -0.15) is 0 Å². The summed E-state index contributed by atoms with van der Waals surface area (Å²) in [4.78, 5) is 4.64. The Morgan fingerprint density at radius 2 is 2.06 bits per heavy atom. The van der Waals surface area contributed by atoms with Gasteiger partial charge in [0.2, 0.25) is 0 Å². The number of rotatable bonds is 0. The first-order chi connectivity index (χ1) is 7.33. The Balaban J connectivity index is 0.000000963. The first kappa shape index (κ1) is 11.4. The molecular formula is C13H14ClNO. The second-order valence-corrected chi connectivity index (χ2v) is 4.18. The molecule has 0 saturated carbocycles. The van der Waals surface area contributed by atoms with Gasteiger partial charge in [-0.1, -0.05) is 18.2 Å². The Labute approximate surface area is 101 Å². The van der Waals surface area contributed by atoms with Crippen molar-refractivity contribution in [1.29, 1.82) is 0 Å². The van der Waals surface area contributed by atoms with Crippen LogP contribution < -0.4 is 0 Å².